The number of ether oxygens (including phenoxy) is 1. The van der Waals surface area contributed by atoms with E-state index in [0.717, 1.165) is 16.1 Å². The third kappa shape index (κ3) is 4.69. The molecular weight excluding hydrogens is 380 g/mol. The van der Waals surface area contributed by atoms with Gasteiger partial charge in [0.25, 0.3) is 0 Å². The SMILES string of the molecule is COC(=O)c1cccc(NC(=O)[C@H](C)N(c2ccc(C)cc2)S(C)(=O)=O)c1C. The van der Waals surface area contributed by atoms with Crippen LogP contribution in [0.3, 0.4) is 0 Å². The maximum Gasteiger partial charge on any atom is 0.338 e. The maximum atomic E-state index is 12.8. The van der Waals surface area contributed by atoms with Gasteiger partial charge in [0.05, 0.1) is 24.6 Å². The van der Waals surface area contributed by atoms with Crippen molar-refractivity contribution < 1.29 is 22.7 Å². The van der Waals surface area contributed by atoms with E-state index >= 15 is 0 Å². The molecule has 1 atom stereocenters. The number of hydrogen-bond donors (Lipinski definition) is 1. The van der Waals surface area contributed by atoms with Gasteiger partial charge in [0.2, 0.25) is 15.9 Å². The minimum absolute atomic E-state index is 0.325. The largest absolute Gasteiger partial charge is 0.465 e. The Balaban J connectivity index is 2.34. The van der Waals surface area contributed by atoms with Crippen LogP contribution < -0.4 is 9.62 Å². The zero-order valence-electron chi connectivity index (χ0n) is 16.5. The molecule has 0 aliphatic carbocycles. The van der Waals surface area contributed by atoms with Gasteiger partial charge in [-0.05, 0) is 50.6 Å². The van der Waals surface area contributed by atoms with E-state index in [0.29, 0.717) is 22.5 Å². The molecule has 0 radical (unpaired) electrons. The predicted molar refractivity (Wildman–Crippen MR) is 109 cm³/mol. The first-order chi connectivity index (χ1) is 13.1. The normalized spacial score (nSPS) is 12.2. The van der Waals surface area contributed by atoms with Crippen molar-refractivity contribution in [3.05, 3.63) is 59.2 Å². The Bertz CT molecular complexity index is 984. The van der Waals surface area contributed by atoms with E-state index in [1.54, 1.807) is 49.4 Å². The molecular formula is C20H24N2O5S. The summed E-state index contributed by atoms with van der Waals surface area (Å²) in [6.07, 6.45) is 1.06. The van der Waals surface area contributed by atoms with Crippen LogP contribution in [0.15, 0.2) is 42.5 Å². The molecule has 0 saturated carbocycles. The lowest BCUT2D eigenvalue weighted by molar-refractivity contribution is -0.116. The summed E-state index contributed by atoms with van der Waals surface area (Å²) in [5, 5.41) is 2.71. The summed E-state index contributed by atoms with van der Waals surface area (Å²) in [6, 6.07) is 10.7. The first-order valence-electron chi connectivity index (χ1n) is 8.61. The predicted octanol–water partition coefficient (Wildman–Crippen LogP) is 2.88. The Hall–Kier alpha value is -2.87. The van der Waals surface area contributed by atoms with Gasteiger partial charge in [-0.15, -0.1) is 0 Å². The van der Waals surface area contributed by atoms with Gasteiger partial charge in [-0.3, -0.25) is 9.10 Å². The first-order valence-corrected chi connectivity index (χ1v) is 10.5. The molecule has 0 aliphatic rings. The maximum absolute atomic E-state index is 12.8. The van der Waals surface area contributed by atoms with Crippen LogP contribution in [0, 0.1) is 13.8 Å². The second kappa shape index (κ2) is 8.43. The fourth-order valence-corrected chi connectivity index (χ4v) is 4.01. The Labute approximate surface area is 165 Å². The highest BCUT2D eigenvalue weighted by Crippen LogP contribution is 2.24. The average Bonchev–Trinajstić information content (AvgIpc) is 2.63. The Morgan fingerprint density at radius 1 is 1.07 bits per heavy atom. The number of carbonyl (C=O) groups is 2. The molecule has 0 aliphatic heterocycles. The van der Waals surface area contributed by atoms with Crippen LogP contribution in [0.4, 0.5) is 11.4 Å². The smallest absolute Gasteiger partial charge is 0.338 e. The minimum atomic E-state index is -3.70. The van der Waals surface area contributed by atoms with Gasteiger partial charge in [0, 0.05) is 5.69 Å². The van der Waals surface area contributed by atoms with Gasteiger partial charge in [-0.1, -0.05) is 23.8 Å². The van der Waals surface area contributed by atoms with Crippen molar-refractivity contribution in [3.8, 4) is 0 Å². The lowest BCUT2D eigenvalue weighted by Crippen LogP contribution is -2.45. The number of anilines is 2. The van der Waals surface area contributed by atoms with Crippen molar-refractivity contribution in [2.45, 2.75) is 26.8 Å². The lowest BCUT2D eigenvalue weighted by Gasteiger charge is -2.28. The topological polar surface area (TPSA) is 92.8 Å². The third-order valence-corrected chi connectivity index (χ3v) is 5.62. The standard InChI is InChI=1S/C20H24N2O5S/c1-13-9-11-16(12-10-13)22(28(5,25)26)15(3)19(23)21-18-8-6-7-17(14(18)2)20(24)27-4/h6-12,15H,1-5H3,(H,21,23)/t15-/m0/s1. The molecule has 8 heteroatoms. The second-order valence-corrected chi connectivity index (χ2v) is 8.39. The number of carbonyl (C=O) groups excluding carboxylic acids is 2. The quantitative estimate of drug-likeness (QED) is 0.748. The van der Waals surface area contributed by atoms with Crippen molar-refractivity contribution in [2.75, 3.05) is 23.0 Å². The number of amides is 1. The molecule has 0 aromatic heterocycles. The zero-order valence-corrected chi connectivity index (χ0v) is 17.3. The van der Waals surface area contributed by atoms with E-state index < -0.39 is 27.9 Å². The fourth-order valence-electron chi connectivity index (χ4n) is 2.84. The summed E-state index contributed by atoms with van der Waals surface area (Å²) >= 11 is 0. The van der Waals surface area contributed by atoms with Crippen molar-refractivity contribution in [1.82, 2.24) is 0 Å². The van der Waals surface area contributed by atoms with E-state index in [1.165, 1.54) is 14.0 Å². The highest BCUT2D eigenvalue weighted by atomic mass is 32.2. The van der Waals surface area contributed by atoms with Crippen LogP contribution >= 0.6 is 0 Å². The van der Waals surface area contributed by atoms with Gasteiger partial charge >= 0.3 is 5.97 Å². The molecule has 2 rings (SSSR count). The van der Waals surface area contributed by atoms with Crippen molar-refractivity contribution >= 4 is 33.3 Å². The van der Waals surface area contributed by atoms with E-state index in [1.807, 2.05) is 6.92 Å². The monoisotopic (exact) mass is 404 g/mol. The van der Waals surface area contributed by atoms with Crippen LogP contribution in [0.5, 0.6) is 0 Å². The number of rotatable bonds is 6. The van der Waals surface area contributed by atoms with Crippen molar-refractivity contribution in [2.24, 2.45) is 0 Å². The van der Waals surface area contributed by atoms with Crippen LogP contribution in [-0.2, 0) is 19.6 Å². The number of sulfonamides is 1. The first kappa shape index (κ1) is 21.4. The molecule has 0 saturated heterocycles. The van der Waals surface area contributed by atoms with Gasteiger partial charge < -0.3 is 10.1 Å². The average molecular weight is 404 g/mol. The molecule has 0 spiro atoms. The fraction of sp³-hybridized carbons (Fsp3) is 0.300. The Morgan fingerprint density at radius 2 is 1.68 bits per heavy atom. The van der Waals surface area contributed by atoms with E-state index in [9.17, 15) is 18.0 Å². The third-order valence-electron chi connectivity index (χ3n) is 4.37. The lowest BCUT2D eigenvalue weighted by atomic mass is 10.1. The number of aryl methyl sites for hydroxylation is 1. The van der Waals surface area contributed by atoms with E-state index in [-0.39, 0.29) is 0 Å². The number of esters is 1. The summed E-state index contributed by atoms with van der Waals surface area (Å²) in [4.78, 5) is 24.6. The van der Waals surface area contributed by atoms with Crippen molar-refractivity contribution in [1.29, 1.82) is 0 Å². The summed E-state index contributed by atoms with van der Waals surface area (Å²) in [7, 11) is -2.43. The highest BCUT2D eigenvalue weighted by molar-refractivity contribution is 7.92. The van der Waals surface area contributed by atoms with Gasteiger partial charge in [0.15, 0.2) is 0 Å². The Kier molecular flexibility index (Phi) is 6.45. The van der Waals surface area contributed by atoms with E-state index in [2.05, 4.69) is 5.32 Å². The summed E-state index contributed by atoms with van der Waals surface area (Å²) < 4.78 is 30.5. The van der Waals surface area contributed by atoms with Crippen LogP contribution in [-0.4, -0.2) is 39.7 Å². The number of nitrogens with one attached hydrogen (secondary N) is 1. The molecule has 28 heavy (non-hydrogen) atoms. The number of hydrogen-bond acceptors (Lipinski definition) is 5. The molecule has 2 aromatic carbocycles. The van der Waals surface area contributed by atoms with Gasteiger partial charge in [-0.2, -0.15) is 0 Å². The molecule has 0 fully saturated rings. The summed E-state index contributed by atoms with van der Waals surface area (Å²) in [5.74, 6) is -1.03. The minimum Gasteiger partial charge on any atom is -0.465 e. The molecule has 0 heterocycles. The number of methoxy groups -OCH3 is 1. The van der Waals surface area contributed by atoms with Crippen molar-refractivity contribution in [3.63, 3.8) is 0 Å². The van der Waals surface area contributed by atoms with Crippen LogP contribution in [0.1, 0.15) is 28.4 Å². The zero-order chi connectivity index (χ0) is 21.1. The molecule has 0 unspecified atom stereocenters. The van der Waals surface area contributed by atoms with Crippen LogP contribution in [0.25, 0.3) is 0 Å². The molecule has 7 nitrogen and oxygen atoms in total. The molecule has 150 valence electrons. The number of benzene rings is 2. The summed E-state index contributed by atoms with van der Waals surface area (Å²) in [5.41, 5.74) is 2.65. The van der Waals surface area contributed by atoms with Gasteiger partial charge in [-0.25, -0.2) is 13.2 Å². The molecule has 1 amide bonds. The van der Waals surface area contributed by atoms with Gasteiger partial charge in [0.1, 0.15) is 6.04 Å². The molecule has 1 N–H and O–H groups in total. The molecule has 0 bridgehead atoms. The Morgan fingerprint density at radius 3 is 2.21 bits per heavy atom. The van der Waals surface area contributed by atoms with Crippen LogP contribution in [0.2, 0.25) is 0 Å². The second-order valence-electron chi connectivity index (χ2n) is 6.53. The highest BCUT2D eigenvalue weighted by Gasteiger charge is 2.29. The molecule has 2 aromatic rings. The summed E-state index contributed by atoms with van der Waals surface area (Å²) in [6.45, 7) is 5.08. The number of nitrogens with zero attached hydrogens (tertiary/aromatic N) is 1. The van der Waals surface area contributed by atoms with E-state index in [4.69, 9.17) is 4.74 Å².